The summed E-state index contributed by atoms with van der Waals surface area (Å²) in [7, 11) is 0. The minimum Gasteiger partial charge on any atom is -0.391 e. The van der Waals surface area contributed by atoms with Crippen molar-refractivity contribution in [3.63, 3.8) is 0 Å². The quantitative estimate of drug-likeness (QED) is 0.707. The van der Waals surface area contributed by atoms with Gasteiger partial charge in [0, 0.05) is 25.6 Å². The molecule has 2 aliphatic rings. The van der Waals surface area contributed by atoms with E-state index in [0.717, 1.165) is 19.6 Å². The van der Waals surface area contributed by atoms with E-state index in [1.165, 1.54) is 25.7 Å². The minimum atomic E-state index is -0.325. The van der Waals surface area contributed by atoms with E-state index < -0.39 is 0 Å². The van der Waals surface area contributed by atoms with Crippen molar-refractivity contribution < 1.29 is 9.90 Å². The molecule has 3 N–H and O–H groups in total. The van der Waals surface area contributed by atoms with E-state index in [4.69, 9.17) is 0 Å². The van der Waals surface area contributed by atoms with Crippen LogP contribution >= 0.6 is 24.8 Å². The Bertz CT molecular complexity index is 300. The second-order valence-corrected chi connectivity index (χ2v) is 5.86. The lowest BCUT2D eigenvalue weighted by molar-refractivity contribution is -0.126. The van der Waals surface area contributed by atoms with Crippen LogP contribution in [0.15, 0.2) is 0 Å². The molecule has 1 amide bonds. The third kappa shape index (κ3) is 6.28. The van der Waals surface area contributed by atoms with Gasteiger partial charge in [-0.25, -0.2) is 0 Å². The first kappa shape index (κ1) is 20.9. The van der Waals surface area contributed by atoms with Crippen LogP contribution < -0.4 is 10.6 Å². The fourth-order valence-electron chi connectivity index (χ4n) is 2.96. The number of aliphatic hydroxyl groups is 1. The summed E-state index contributed by atoms with van der Waals surface area (Å²) in [5.41, 5.74) is 0. The number of nitrogens with one attached hydrogen (secondary N) is 2. The zero-order valence-electron chi connectivity index (χ0n) is 12.7. The molecule has 3 unspecified atom stereocenters. The molecule has 0 spiro atoms. The Hall–Kier alpha value is -0.0700. The van der Waals surface area contributed by atoms with E-state index in [-0.39, 0.29) is 48.8 Å². The third-order valence-corrected chi connectivity index (χ3v) is 4.41. The number of nitrogens with zero attached hydrogens (tertiary/aromatic N) is 1. The molecule has 126 valence electrons. The van der Waals surface area contributed by atoms with Crippen molar-refractivity contribution in [2.24, 2.45) is 5.92 Å². The van der Waals surface area contributed by atoms with Crippen molar-refractivity contribution in [3.8, 4) is 0 Å². The molecule has 2 rings (SSSR count). The first-order valence-electron chi connectivity index (χ1n) is 7.59. The summed E-state index contributed by atoms with van der Waals surface area (Å²) in [6.07, 6.45) is 4.63. The molecule has 2 saturated heterocycles. The number of aliphatic hydroxyl groups excluding tert-OH is 1. The van der Waals surface area contributed by atoms with Crippen LogP contribution in [0.2, 0.25) is 0 Å². The maximum atomic E-state index is 12.2. The number of halogens is 2. The largest absolute Gasteiger partial charge is 0.391 e. The monoisotopic (exact) mass is 341 g/mol. The van der Waals surface area contributed by atoms with Crippen LogP contribution in [-0.2, 0) is 4.79 Å². The SMILES string of the molecule is CC(C(=O)NCC1CNCC1O)N1CCCCCC1.Cl.Cl. The van der Waals surface area contributed by atoms with E-state index >= 15 is 0 Å². The molecule has 0 aromatic heterocycles. The molecule has 2 aliphatic heterocycles. The zero-order chi connectivity index (χ0) is 13.7. The standard InChI is InChI=1S/C14H27N3O2.2ClH/c1-11(17-6-4-2-3-5-7-17)14(19)16-9-12-8-15-10-13(12)18;;/h11-13,15,18H,2-10H2,1H3,(H,16,19);2*1H. The molecule has 0 aromatic carbocycles. The summed E-state index contributed by atoms with van der Waals surface area (Å²) < 4.78 is 0. The number of carbonyl (C=O) groups is 1. The highest BCUT2D eigenvalue weighted by Gasteiger charge is 2.27. The molecule has 0 radical (unpaired) electrons. The fourth-order valence-corrected chi connectivity index (χ4v) is 2.96. The van der Waals surface area contributed by atoms with Crippen LogP contribution in [0.25, 0.3) is 0 Å². The van der Waals surface area contributed by atoms with E-state index in [2.05, 4.69) is 15.5 Å². The Balaban J connectivity index is 0.00000200. The van der Waals surface area contributed by atoms with Gasteiger partial charge in [-0.15, -0.1) is 24.8 Å². The lowest BCUT2D eigenvalue weighted by Crippen LogP contribution is -2.47. The van der Waals surface area contributed by atoms with E-state index in [1.807, 2.05) is 6.92 Å². The first-order valence-corrected chi connectivity index (χ1v) is 7.59. The average molecular weight is 342 g/mol. The van der Waals surface area contributed by atoms with Crippen LogP contribution in [0.3, 0.4) is 0 Å². The van der Waals surface area contributed by atoms with Crippen LogP contribution in [0.5, 0.6) is 0 Å². The molecular formula is C14H29Cl2N3O2. The van der Waals surface area contributed by atoms with Crippen molar-refractivity contribution >= 4 is 30.7 Å². The second-order valence-electron chi connectivity index (χ2n) is 5.86. The van der Waals surface area contributed by atoms with Crippen LogP contribution in [0.1, 0.15) is 32.6 Å². The Morgan fingerprint density at radius 2 is 1.86 bits per heavy atom. The summed E-state index contributed by atoms with van der Waals surface area (Å²) in [5.74, 6) is 0.251. The first-order chi connectivity index (χ1) is 9.18. The molecular weight excluding hydrogens is 313 g/mol. The van der Waals surface area contributed by atoms with Crippen molar-refractivity contribution in [2.75, 3.05) is 32.7 Å². The minimum absolute atomic E-state index is 0. The number of amides is 1. The number of carbonyl (C=O) groups excluding carboxylic acids is 1. The molecule has 0 aromatic rings. The van der Waals surface area contributed by atoms with Crippen LogP contribution in [0.4, 0.5) is 0 Å². The number of hydrogen-bond donors (Lipinski definition) is 3. The van der Waals surface area contributed by atoms with Gasteiger partial charge in [0.25, 0.3) is 0 Å². The predicted molar refractivity (Wildman–Crippen MR) is 89.4 cm³/mol. The van der Waals surface area contributed by atoms with Gasteiger partial charge in [0.2, 0.25) is 5.91 Å². The third-order valence-electron chi connectivity index (χ3n) is 4.41. The summed E-state index contributed by atoms with van der Waals surface area (Å²) >= 11 is 0. The van der Waals surface area contributed by atoms with E-state index in [9.17, 15) is 9.90 Å². The van der Waals surface area contributed by atoms with E-state index in [1.54, 1.807) is 0 Å². The Morgan fingerprint density at radius 1 is 1.24 bits per heavy atom. The number of likely N-dealkylation sites (tertiary alicyclic amines) is 1. The summed E-state index contributed by atoms with van der Waals surface area (Å²) in [6.45, 7) is 6.06. The molecule has 0 bridgehead atoms. The van der Waals surface area contributed by atoms with Crippen LogP contribution in [0, 0.1) is 5.92 Å². The number of hydrogen-bond acceptors (Lipinski definition) is 4. The molecule has 2 fully saturated rings. The highest BCUT2D eigenvalue weighted by atomic mass is 35.5. The van der Waals surface area contributed by atoms with Crippen molar-refractivity contribution in [1.29, 1.82) is 0 Å². The Kier molecular flexibility index (Phi) is 10.6. The highest BCUT2D eigenvalue weighted by molar-refractivity contribution is 5.85. The number of β-amino-alcohol motifs (C(OH)–C–C–N with tert-alkyl or cyclic N) is 1. The van der Waals surface area contributed by atoms with E-state index in [0.29, 0.717) is 13.1 Å². The lowest BCUT2D eigenvalue weighted by atomic mass is 10.1. The molecule has 21 heavy (non-hydrogen) atoms. The van der Waals surface area contributed by atoms with Gasteiger partial charge in [-0.3, -0.25) is 9.69 Å². The Morgan fingerprint density at radius 3 is 2.38 bits per heavy atom. The predicted octanol–water partition coefficient (Wildman–Crippen LogP) is 0.791. The normalized spacial score (nSPS) is 27.9. The maximum Gasteiger partial charge on any atom is 0.237 e. The fraction of sp³-hybridized carbons (Fsp3) is 0.929. The molecule has 3 atom stereocenters. The average Bonchev–Trinajstić information content (AvgIpc) is 2.68. The topological polar surface area (TPSA) is 64.6 Å². The maximum absolute atomic E-state index is 12.2. The van der Waals surface area contributed by atoms with Gasteiger partial charge >= 0.3 is 0 Å². The van der Waals surface area contributed by atoms with Gasteiger partial charge in [0.1, 0.15) is 0 Å². The van der Waals surface area contributed by atoms with Gasteiger partial charge in [-0.2, -0.15) is 0 Å². The summed E-state index contributed by atoms with van der Waals surface area (Å²) in [4.78, 5) is 14.4. The zero-order valence-corrected chi connectivity index (χ0v) is 14.3. The molecule has 2 heterocycles. The Labute approximate surface area is 140 Å². The van der Waals surface area contributed by atoms with Gasteiger partial charge in [-0.05, 0) is 32.9 Å². The summed E-state index contributed by atoms with van der Waals surface area (Å²) in [5, 5.41) is 15.8. The van der Waals surface area contributed by atoms with Gasteiger partial charge in [-0.1, -0.05) is 12.8 Å². The van der Waals surface area contributed by atoms with Gasteiger partial charge < -0.3 is 15.7 Å². The molecule has 0 aliphatic carbocycles. The van der Waals surface area contributed by atoms with Gasteiger partial charge in [0.05, 0.1) is 12.1 Å². The molecule has 7 heteroatoms. The number of rotatable bonds is 4. The van der Waals surface area contributed by atoms with Crippen molar-refractivity contribution in [1.82, 2.24) is 15.5 Å². The van der Waals surface area contributed by atoms with Gasteiger partial charge in [0.15, 0.2) is 0 Å². The summed E-state index contributed by atoms with van der Waals surface area (Å²) in [6, 6.07) is -0.0513. The molecule has 0 saturated carbocycles. The van der Waals surface area contributed by atoms with Crippen LogP contribution in [-0.4, -0.2) is 60.8 Å². The van der Waals surface area contributed by atoms with Crippen molar-refractivity contribution in [3.05, 3.63) is 0 Å². The smallest absolute Gasteiger partial charge is 0.237 e. The lowest BCUT2D eigenvalue weighted by Gasteiger charge is -2.27. The highest BCUT2D eigenvalue weighted by Crippen LogP contribution is 2.13. The second kappa shape index (κ2) is 10.6. The molecule has 5 nitrogen and oxygen atoms in total. The van der Waals surface area contributed by atoms with Crippen molar-refractivity contribution in [2.45, 2.75) is 44.8 Å².